The van der Waals surface area contributed by atoms with Crippen LogP contribution in [0.25, 0.3) is 11.3 Å². The number of rotatable bonds is 4. The lowest BCUT2D eigenvalue weighted by atomic mass is 10.1. The van der Waals surface area contributed by atoms with E-state index in [2.05, 4.69) is 30.0 Å². The van der Waals surface area contributed by atoms with Gasteiger partial charge in [-0.05, 0) is 55.6 Å². The molecule has 3 aromatic rings. The van der Waals surface area contributed by atoms with Crippen molar-refractivity contribution in [2.75, 3.05) is 23.3 Å². The molecule has 0 bridgehead atoms. The zero-order valence-corrected chi connectivity index (χ0v) is 15.2. The second kappa shape index (κ2) is 7.17. The van der Waals surface area contributed by atoms with Gasteiger partial charge >= 0.3 is 0 Å². The lowest BCUT2D eigenvalue weighted by Crippen LogP contribution is -2.19. The van der Waals surface area contributed by atoms with Crippen LogP contribution in [0.5, 0.6) is 0 Å². The molecule has 0 unspecified atom stereocenters. The van der Waals surface area contributed by atoms with Crippen molar-refractivity contribution in [2.24, 2.45) is 0 Å². The van der Waals surface area contributed by atoms with E-state index in [-0.39, 0.29) is 5.91 Å². The molecule has 26 heavy (non-hydrogen) atoms. The van der Waals surface area contributed by atoms with Crippen molar-refractivity contribution in [3.8, 4) is 11.3 Å². The third kappa shape index (κ3) is 3.41. The first kappa shape index (κ1) is 16.6. The fourth-order valence-corrected chi connectivity index (χ4v) is 3.53. The maximum absolute atomic E-state index is 12.3. The van der Waals surface area contributed by atoms with Crippen molar-refractivity contribution >= 4 is 28.9 Å². The molecule has 8 heteroatoms. The predicted molar refractivity (Wildman–Crippen MR) is 102 cm³/mol. The van der Waals surface area contributed by atoms with E-state index < -0.39 is 0 Å². The molecule has 2 aromatic heterocycles. The highest BCUT2D eigenvalue weighted by Crippen LogP contribution is 2.24. The standard InChI is InChI=1S/C18H18N6OS/c1-12-17(26-23-20-12)18(25)19-14-6-4-5-13(11-14)15-7-8-16(22-21-15)24-9-2-3-10-24/h4-8,11H,2-3,9-10H2,1H3,(H,19,25). The van der Waals surface area contributed by atoms with Crippen LogP contribution in [0, 0.1) is 6.92 Å². The number of amides is 1. The molecule has 1 aliphatic heterocycles. The van der Waals surface area contributed by atoms with Crippen molar-refractivity contribution in [1.29, 1.82) is 0 Å². The zero-order valence-electron chi connectivity index (χ0n) is 14.3. The van der Waals surface area contributed by atoms with Crippen LogP contribution in [-0.4, -0.2) is 38.8 Å². The van der Waals surface area contributed by atoms with Gasteiger partial charge in [0.1, 0.15) is 4.88 Å². The molecule has 1 N–H and O–H groups in total. The molecule has 1 fully saturated rings. The van der Waals surface area contributed by atoms with E-state index in [1.165, 1.54) is 12.8 Å². The predicted octanol–water partition coefficient (Wildman–Crippen LogP) is 3.16. The Kier molecular flexibility index (Phi) is 4.57. The fraction of sp³-hybridized carbons (Fsp3) is 0.278. The largest absolute Gasteiger partial charge is 0.355 e. The first-order valence-electron chi connectivity index (χ1n) is 8.50. The summed E-state index contributed by atoms with van der Waals surface area (Å²) < 4.78 is 3.80. The van der Waals surface area contributed by atoms with Crippen LogP contribution in [0.3, 0.4) is 0 Å². The van der Waals surface area contributed by atoms with Gasteiger partial charge in [-0.15, -0.1) is 15.3 Å². The molecule has 0 spiro atoms. The summed E-state index contributed by atoms with van der Waals surface area (Å²) in [6.45, 7) is 3.86. The van der Waals surface area contributed by atoms with Crippen LogP contribution in [0.1, 0.15) is 28.2 Å². The van der Waals surface area contributed by atoms with Crippen molar-refractivity contribution in [3.05, 3.63) is 47.0 Å². The van der Waals surface area contributed by atoms with E-state index in [1.54, 1.807) is 6.92 Å². The third-order valence-electron chi connectivity index (χ3n) is 4.35. The van der Waals surface area contributed by atoms with Gasteiger partial charge < -0.3 is 10.2 Å². The molecule has 1 aromatic carbocycles. The molecule has 0 atom stereocenters. The topological polar surface area (TPSA) is 83.9 Å². The minimum atomic E-state index is -0.204. The average molecular weight is 366 g/mol. The van der Waals surface area contributed by atoms with Crippen LogP contribution < -0.4 is 10.2 Å². The quantitative estimate of drug-likeness (QED) is 0.764. The average Bonchev–Trinajstić information content (AvgIpc) is 3.34. The summed E-state index contributed by atoms with van der Waals surface area (Å²) in [7, 11) is 0. The molecular formula is C18H18N6OS. The number of nitrogens with zero attached hydrogens (tertiary/aromatic N) is 5. The normalized spacial score (nSPS) is 13.8. The number of aryl methyl sites for hydroxylation is 1. The number of hydrogen-bond donors (Lipinski definition) is 1. The van der Waals surface area contributed by atoms with Gasteiger partial charge in [0.15, 0.2) is 5.82 Å². The number of aromatic nitrogens is 4. The van der Waals surface area contributed by atoms with Crippen molar-refractivity contribution in [3.63, 3.8) is 0 Å². The van der Waals surface area contributed by atoms with Crippen molar-refractivity contribution < 1.29 is 4.79 Å². The SMILES string of the molecule is Cc1nnsc1C(=O)Nc1cccc(-c2ccc(N3CCCC3)nn2)c1. The van der Waals surface area contributed by atoms with Crippen LogP contribution in [0.2, 0.25) is 0 Å². The van der Waals surface area contributed by atoms with Crippen molar-refractivity contribution in [1.82, 2.24) is 19.8 Å². The highest BCUT2D eigenvalue weighted by molar-refractivity contribution is 7.08. The Hall–Kier alpha value is -2.87. The van der Waals surface area contributed by atoms with Crippen LogP contribution in [-0.2, 0) is 0 Å². The van der Waals surface area contributed by atoms with Gasteiger partial charge in [0, 0.05) is 24.3 Å². The molecule has 1 saturated heterocycles. The highest BCUT2D eigenvalue weighted by Gasteiger charge is 2.15. The Labute approximate surface area is 155 Å². The Bertz CT molecular complexity index is 917. The zero-order chi connectivity index (χ0) is 17.9. The summed E-state index contributed by atoms with van der Waals surface area (Å²) in [5.41, 5.74) is 3.01. The Balaban J connectivity index is 1.52. The number of hydrogen-bond acceptors (Lipinski definition) is 7. The van der Waals surface area contributed by atoms with Gasteiger partial charge in [0.05, 0.1) is 11.4 Å². The van der Waals surface area contributed by atoms with Crippen LogP contribution >= 0.6 is 11.5 Å². The molecule has 132 valence electrons. The van der Waals surface area contributed by atoms with E-state index in [4.69, 9.17) is 0 Å². The summed E-state index contributed by atoms with van der Waals surface area (Å²) >= 11 is 1.09. The first-order chi connectivity index (χ1) is 12.7. The molecule has 7 nitrogen and oxygen atoms in total. The molecular weight excluding hydrogens is 348 g/mol. The second-order valence-electron chi connectivity index (χ2n) is 6.19. The Morgan fingerprint density at radius 1 is 1.12 bits per heavy atom. The van der Waals surface area contributed by atoms with E-state index in [9.17, 15) is 4.79 Å². The van der Waals surface area contributed by atoms with Gasteiger partial charge in [-0.3, -0.25) is 4.79 Å². The highest BCUT2D eigenvalue weighted by atomic mass is 32.1. The fourth-order valence-electron chi connectivity index (χ4n) is 2.98. The Morgan fingerprint density at radius 3 is 2.65 bits per heavy atom. The van der Waals surface area contributed by atoms with Gasteiger partial charge in [-0.2, -0.15) is 0 Å². The lowest BCUT2D eigenvalue weighted by molar-refractivity contribution is 0.103. The van der Waals surface area contributed by atoms with Gasteiger partial charge in [-0.25, -0.2) is 0 Å². The second-order valence-corrected chi connectivity index (χ2v) is 6.95. The summed E-state index contributed by atoms with van der Waals surface area (Å²) in [5, 5.41) is 15.5. The maximum Gasteiger partial charge on any atom is 0.269 e. The molecule has 3 heterocycles. The summed E-state index contributed by atoms with van der Waals surface area (Å²) in [4.78, 5) is 15.1. The van der Waals surface area contributed by atoms with Crippen LogP contribution in [0.15, 0.2) is 36.4 Å². The number of nitrogens with one attached hydrogen (secondary N) is 1. The monoisotopic (exact) mass is 366 g/mol. The molecule has 1 aliphatic rings. The minimum Gasteiger partial charge on any atom is -0.355 e. The lowest BCUT2D eigenvalue weighted by Gasteiger charge is -2.15. The van der Waals surface area contributed by atoms with Gasteiger partial charge in [0.2, 0.25) is 0 Å². The summed E-state index contributed by atoms with van der Waals surface area (Å²) in [6.07, 6.45) is 2.42. The number of benzene rings is 1. The number of carbonyl (C=O) groups is 1. The number of anilines is 2. The third-order valence-corrected chi connectivity index (χ3v) is 5.18. The van der Waals surface area contributed by atoms with Gasteiger partial charge in [0.25, 0.3) is 5.91 Å². The number of carbonyl (C=O) groups excluding carboxylic acids is 1. The molecule has 0 saturated carbocycles. The first-order valence-corrected chi connectivity index (χ1v) is 9.27. The molecule has 1 amide bonds. The molecule has 0 radical (unpaired) electrons. The molecule has 0 aliphatic carbocycles. The minimum absolute atomic E-state index is 0.204. The smallest absolute Gasteiger partial charge is 0.269 e. The van der Waals surface area contributed by atoms with E-state index >= 15 is 0 Å². The molecule has 4 rings (SSSR count). The van der Waals surface area contributed by atoms with Crippen LogP contribution in [0.4, 0.5) is 11.5 Å². The summed E-state index contributed by atoms with van der Waals surface area (Å²) in [5.74, 6) is 0.717. The summed E-state index contributed by atoms with van der Waals surface area (Å²) in [6, 6.07) is 11.6. The van der Waals surface area contributed by atoms with E-state index in [1.807, 2.05) is 36.4 Å². The van der Waals surface area contributed by atoms with Crippen molar-refractivity contribution in [2.45, 2.75) is 19.8 Å². The van der Waals surface area contributed by atoms with E-state index in [0.717, 1.165) is 41.7 Å². The van der Waals surface area contributed by atoms with Gasteiger partial charge in [-0.1, -0.05) is 16.6 Å². The Morgan fingerprint density at radius 2 is 1.96 bits per heavy atom. The maximum atomic E-state index is 12.3. The van der Waals surface area contributed by atoms with E-state index in [0.29, 0.717) is 16.3 Å².